The number of para-hydroxylation sites is 1. The zero-order valence-electron chi connectivity index (χ0n) is 19.1. The number of ether oxygens (including phenoxy) is 1. The number of piperidine rings is 1. The smallest absolute Gasteiger partial charge is 0.276 e. The normalized spacial score (nSPS) is 15.0. The minimum Gasteiger partial charge on any atom is -0.453 e. The minimum atomic E-state index is -3.65. The number of pyridine rings is 2. The van der Waals surface area contributed by atoms with Crippen LogP contribution >= 0.6 is 23.1 Å². The van der Waals surface area contributed by atoms with E-state index >= 15 is 0 Å². The van der Waals surface area contributed by atoms with Crippen molar-refractivity contribution < 1.29 is 13.2 Å². The lowest BCUT2D eigenvalue weighted by Crippen LogP contribution is -2.41. The van der Waals surface area contributed by atoms with Crippen LogP contribution in [-0.4, -0.2) is 40.8 Å². The van der Waals surface area contributed by atoms with Gasteiger partial charge in [0.15, 0.2) is 16.7 Å². The first-order chi connectivity index (χ1) is 17.4. The number of thiazole rings is 1. The van der Waals surface area contributed by atoms with Crippen LogP contribution in [0.15, 0.2) is 82.3 Å². The van der Waals surface area contributed by atoms with Gasteiger partial charge in [0.05, 0.1) is 5.69 Å². The third kappa shape index (κ3) is 6.20. The number of anilines is 2. The van der Waals surface area contributed by atoms with E-state index in [1.54, 1.807) is 12.4 Å². The second kappa shape index (κ2) is 10.9. The molecule has 1 aliphatic heterocycles. The number of hydrogen-bond acceptors (Lipinski definition) is 9. The van der Waals surface area contributed by atoms with E-state index in [-0.39, 0.29) is 5.92 Å². The highest BCUT2D eigenvalue weighted by Gasteiger charge is 2.27. The highest BCUT2D eigenvalue weighted by Crippen LogP contribution is 2.37. The number of hydrogen-bond donors (Lipinski definition) is 2. The summed E-state index contributed by atoms with van der Waals surface area (Å²) in [5.74, 6) is 2.00. The molecule has 0 atom stereocenters. The fourth-order valence-electron chi connectivity index (χ4n) is 3.84. The summed E-state index contributed by atoms with van der Waals surface area (Å²) in [6, 6.07) is 17.2. The largest absolute Gasteiger partial charge is 0.453 e. The molecule has 3 aromatic heterocycles. The summed E-state index contributed by atoms with van der Waals surface area (Å²) >= 11 is 2.98. The first-order valence-electron chi connectivity index (χ1n) is 11.3. The van der Waals surface area contributed by atoms with Crippen LogP contribution in [-0.2, 0) is 10.2 Å². The van der Waals surface area contributed by atoms with Crippen LogP contribution in [0.4, 0.5) is 10.9 Å². The molecule has 1 fully saturated rings. The van der Waals surface area contributed by atoms with Crippen LogP contribution in [0.25, 0.3) is 0 Å². The third-order valence-corrected chi connectivity index (χ3v) is 8.41. The Hall–Kier alpha value is -3.03. The first kappa shape index (κ1) is 24.7. The van der Waals surface area contributed by atoms with Gasteiger partial charge in [-0.05, 0) is 37.1 Å². The molecule has 1 aliphatic rings. The van der Waals surface area contributed by atoms with Crippen molar-refractivity contribution in [1.29, 1.82) is 0 Å². The van der Waals surface area contributed by atoms with E-state index in [1.165, 1.54) is 27.4 Å². The predicted octanol–water partition coefficient (Wildman–Crippen LogP) is 5.00. The molecule has 186 valence electrons. The summed E-state index contributed by atoms with van der Waals surface area (Å²) in [4.78, 5) is 14.6. The fourth-order valence-corrected chi connectivity index (χ4v) is 6.12. The predicted molar refractivity (Wildman–Crippen MR) is 141 cm³/mol. The Labute approximate surface area is 218 Å². The van der Waals surface area contributed by atoms with Crippen LogP contribution in [0.1, 0.15) is 24.5 Å². The molecular weight excluding hydrogens is 517 g/mol. The maximum atomic E-state index is 11.6. The summed E-state index contributed by atoms with van der Waals surface area (Å²) in [5.41, 5.74) is 0.935. The molecule has 5 rings (SSSR count). The zero-order valence-corrected chi connectivity index (χ0v) is 21.6. The lowest BCUT2D eigenvalue weighted by atomic mass is 9.95. The number of nitrogens with one attached hydrogen (secondary N) is 1. The van der Waals surface area contributed by atoms with E-state index in [9.17, 15) is 8.42 Å². The number of nitrogens with zero attached hydrogens (tertiary/aromatic N) is 4. The fraction of sp³-hybridized carbons (Fsp3) is 0.208. The van der Waals surface area contributed by atoms with E-state index in [0.717, 1.165) is 15.6 Å². The second-order valence-corrected chi connectivity index (χ2v) is 11.6. The summed E-state index contributed by atoms with van der Waals surface area (Å²) < 4.78 is 30.7. The molecule has 9 nitrogen and oxygen atoms in total. The average Bonchev–Trinajstić information content (AvgIpc) is 3.35. The molecule has 4 aromatic rings. The van der Waals surface area contributed by atoms with Gasteiger partial charge in [0.25, 0.3) is 10.2 Å². The summed E-state index contributed by atoms with van der Waals surface area (Å²) in [6.45, 7) is 0.797. The highest BCUT2D eigenvalue weighted by atomic mass is 32.2. The second-order valence-electron chi connectivity index (χ2n) is 8.12. The Bertz CT molecular complexity index is 1410. The summed E-state index contributed by atoms with van der Waals surface area (Å²) in [5, 5.41) is 12.1. The van der Waals surface area contributed by atoms with Crippen molar-refractivity contribution in [2.45, 2.75) is 28.7 Å². The molecule has 0 spiro atoms. The molecule has 1 aromatic carbocycles. The number of aromatic nitrogens is 3. The van der Waals surface area contributed by atoms with Crippen molar-refractivity contribution in [2.24, 2.45) is 5.14 Å². The first-order valence-corrected chi connectivity index (χ1v) is 14.5. The van der Waals surface area contributed by atoms with Crippen molar-refractivity contribution in [1.82, 2.24) is 19.3 Å². The van der Waals surface area contributed by atoms with E-state index in [1.807, 2.05) is 60.0 Å². The molecule has 0 saturated carbocycles. The minimum absolute atomic E-state index is 0.181. The summed E-state index contributed by atoms with van der Waals surface area (Å²) in [6.07, 6.45) is 4.89. The average molecular weight is 541 g/mol. The van der Waals surface area contributed by atoms with Gasteiger partial charge in [-0.2, -0.15) is 12.7 Å². The van der Waals surface area contributed by atoms with Gasteiger partial charge in [0.2, 0.25) is 0 Å². The van der Waals surface area contributed by atoms with Crippen molar-refractivity contribution in [3.8, 4) is 11.5 Å². The molecular formula is C24H24N6O3S3. The lowest BCUT2D eigenvalue weighted by molar-refractivity contribution is 0.317. The lowest BCUT2D eigenvalue weighted by Gasteiger charge is -2.28. The number of rotatable bonds is 8. The van der Waals surface area contributed by atoms with Crippen molar-refractivity contribution in [3.05, 3.63) is 78.1 Å². The molecule has 3 N–H and O–H groups in total. The van der Waals surface area contributed by atoms with Gasteiger partial charge in [-0.1, -0.05) is 36.0 Å². The van der Waals surface area contributed by atoms with E-state index in [0.29, 0.717) is 48.4 Å². The molecule has 36 heavy (non-hydrogen) atoms. The molecule has 0 radical (unpaired) electrons. The molecule has 12 heteroatoms. The summed E-state index contributed by atoms with van der Waals surface area (Å²) in [7, 11) is -3.65. The van der Waals surface area contributed by atoms with Gasteiger partial charge in [-0.15, -0.1) is 11.3 Å². The Balaban J connectivity index is 1.34. The van der Waals surface area contributed by atoms with Crippen molar-refractivity contribution in [3.63, 3.8) is 0 Å². The maximum absolute atomic E-state index is 11.6. The Morgan fingerprint density at radius 3 is 2.58 bits per heavy atom. The number of benzene rings is 1. The quantitative estimate of drug-likeness (QED) is 0.320. The van der Waals surface area contributed by atoms with Crippen LogP contribution in [0.5, 0.6) is 11.5 Å². The van der Waals surface area contributed by atoms with Gasteiger partial charge in [-0.3, -0.25) is 0 Å². The van der Waals surface area contributed by atoms with Gasteiger partial charge < -0.3 is 10.1 Å². The maximum Gasteiger partial charge on any atom is 0.276 e. The number of nitrogens with two attached hydrogens (primary N) is 1. The van der Waals surface area contributed by atoms with Crippen LogP contribution in [0.2, 0.25) is 0 Å². The van der Waals surface area contributed by atoms with E-state index < -0.39 is 10.2 Å². The van der Waals surface area contributed by atoms with Gasteiger partial charge >= 0.3 is 0 Å². The van der Waals surface area contributed by atoms with Crippen LogP contribution in [0, 0.1) is 0 Å². The van der Waals surface area contributed by atoms with E-state index in [4.69, 9.17) is 14.9 Å². The standard InChI is InChI=1S/C24H24N6O3S3/c25-36(31,32)30-12-9-17(10-13-30)20-16-34-24(28-20)29-23-21(33-18-6-2-1-3-7-18)14-19(15-27-23)35-22-8-4-5-11-26-22/h1-8,11,14-17H,9-10,12-13H2,(H2,25,31,32)(H,27,28,29). The van der Waals surface area contributed by atoms with Gasteiger partial charge in [0.1, 0.15) is 10.8 Å². The molecule has 0 bridgehead atoms. The monoisotopic (exact) mass is 540 g/mol. The van der Waals surface area contributed by atoms with Crippen LogP contribution < -0.4 is 15.2 Å². The van der Waals surface area contributed by atoms with Gasteiger partial charge in [-0.25, -0.2) is 20.1 Å². The van der Waals surface area contributed by atoms with E-state index in [2.05, 4.69) is 15.3 Å². The van der Waals surface area contributed by atoms with Crippen molar-refractivity contribution >= 4 is 44.3 Å². The third-order valence-electron chi connectivity index (χ3n) is 5.64. The Morgan fingerprint density at radius 2 is 1.86 bits per heavy atom. The molecule has 0 amide bonds. The Morgan fingerprint density at radius 1 is 1.08 bits per heavy atom. The van der Waals surface area contributed by atoms with Crippen LogP contribution in [0.3, 0.4) is 0 Å². The SMILES string of the molecule is NS(=O)(=O)N1CCC(c2csc(Nc3ncc(Sc4ccccn4)cc3Oc3ccccc3)n2)CC1. The zero-order chi connectivity index (χ0) is 25.0. The topological polar surface area (TPSA) is 123 Å². The van der Waals surface area contributed by atoms with Crippen molar-refractivity contribution in [2.75, 3.05) is 18.4 Å². The molecule has 0 unspecified atom stereocenters. The molecule has 4 heterocycles. The molecule has 0 aliphatic carbocycles. The van der Waals surface area contributed by atoms with Gasteiger partial charge in [0, 0.05) is 47.7 Å². The highest BCUT2D eigenvalue weighted by molar-refractivity contribution is 7.99. The molecule has 1 saturated heterocycles. The Kier molecular flexibility index (Phi) is 7.48.